The van der Waals surface area contributed by atoms with Crippen molar-refractivity contribution in [1.82, 2.24) is 19.9 Å². The van der Waals surface area contributed by atoms with E-state index in [2.05, 4.69) is 15.3 Å². The molecule has 1 saturated heterocycles. The fourth-order valence-electron chi connectivity index (χ4n) is 3.70. The van der Waals surface area contributed by atoms with E-state index in [1.54, 1.807) is 4.90 Å². The van der Waals surface area contributed by atoms with Crippen molar-refractivity contribution in [3.05, 3.63) is 52.1 Å². The van der Waals surface area contributed by atoms with E-state index in [-0.39, 0.29) is 22.8 Å². The molecule has 0 radical (unpaired) electrons. The van der Waals surface area contributed by atoms with Gasteiger partial charge in [-0.05, 0) is 25.3 Å². The number of alkyl halides is 3. The van der Waals surface area contributed by atoms with Crippen LogP contribution in [0.2, 0.25) is 0 Å². The molecular weight excluding hydrogens is 431 g/mol. The van der Waals surface area contributed by atoms with Gasteiger partial charge in [-0.15, -0.1) is 0 Å². The second kappa shape index (κ2) is 8.29. The van der Waals surface area contributed by atoms with Crippen molar-refractivity contribution in [2.45, 2.75) is 45.1 Å². The molecule has 0 aliphatic carbocycles. The largest absolute Gasteiger partial charge is 0.449 e. The van der Waals surface area contributed by atoms with Gasteiger partial charge in [0.05, 0.1) is 0 Å². The first kappa shape index (κ1) is 21.3. The van der Waals surface area contributed by atoms with Crippen LogP contribution in [0.5, 0.6) is 0 Å². The Kier molecular flexibility index (Phi) is 5.69. The van der Waals surface area contributed by atoms with Crippen molar-refractivity contribution in [2.75, 3.05) is 11.4 Å². The average Bonchev–Trinajstić information content (AvgIpc) is 3.39. The Morgan fingerprint density at radius 1 is 1.26 bits per heavy atom. The highest BCUT2D eigenvalue weighted by atomic mass is 32.1. The maximum absolute atomic E-state index is 13.3. The third kappa shape index (κ3) is 4.14. The van der Waals surface area contributed by atoms with E-state index in [0.717, 1.165) is 23.3 Å². The summed E-state index contributed by atoms with van der Waals surface area (Å²) in [6.07, 6.45) is -3.42. The van der Waals surface area contributed by atoms with Gasteiger partial charge in [-0.3, -0.25) is 14.2 Å². The van der Waals surface area contributed by atoms with E-state index in [1.807, 2.05) is 30.3 Å². The Hall–Kier alpha value is -2.95. The number of hydrogen-bond donors (Lipinski definition) is 1. The molecule has 1 unspecified atom stereocenters. The number of amides is 1. The smallest absolute Gasteiger partial charge is 0.350 e. The molecule has 164 valence electrons. The monoisotopic (exact) mass is 451 g/mol. The first-order chi connectivity index (χ1) is 14.8. The first-order valence-corrected chi connectivity index (χ1v) is 10.7. The molecule has 1 N–H and O–H groups in total. The predicted octanol–water partition coefficient (Wildman–Crippen LogP) is 3.18. The molecule has 1 aliphatic heterocycles. The second-order valence-corrected chi connectivity index (χ2v) is 8.14. The number of hydrogen-bond acceptors (Lipinski definition) is 6. The topological polar surface area (TPSA) is 80.1 Å². The number of halogens is 3. The van der Waals surface area contributed by atoms with Gasteiger partial charge in [0.15, 0.2) is 15.5 Å². The van der Waals surface area contributed by atoms with Crippen LogP contribution in [0.1, 0.15) is 31.2 Å². The molecule has 4 rings (SSSR count). The highest BCUT2D eigenvalue weighted by Gasteiger charge is 2.38. The number of benzene rings is 1. The number of thiazole rings is 1. The number of aromatic nitrogens is 3. The predicted molar refractivity (Wildman–Crippen MR) is 111 cm³/mol. The van der Waals surface area contributed by atoms with Gasteiger partial charge in [0.25, 0.3) is 5.56 Å². The third-order valence-corrected chi connectivity index (χ3v) is 6.18. The maximum Gasteiger partial charge on any atom is 0.449 e. The van der Waals surface area contributed by atoms with Gasteiger partial charge in [0.1, 0.15) is 6.04 Å². The maximum atomic E-state index is 13.3. The van der Waals surface area contributed by atoms with E-state index in [4.69, 9.17) is 0 Å². The van der Waals surface area contributed by atoms with Gasteiger partial charge < -0.3 is 10.2 Å². The number of nitrogens with one attached hydrogen (secondary N) is 1. The number of anilines is 1. The Labute approximate surface area is 179 Å². The van der Waals surface area contributed by atoms with Gasteiger partial charge in [0, 0.05) is 19.6 Å². The lowest BCUT2D eigenvalue weighted by Gasteiger charge is -2.23. The zero-order valence-electron chi connectivity index (χ0n) is 16.6. The number of rotatable bonds is 5. The van der Waals surface area contributed by atoms with Crippen LogP contribution in [0.3, 0.4) is 0 Å². The van der Waals surface area contributed by atoms with E-state index in [0.29, 0.717) is 29.2 Å². The van der Waals surface area contributed by atoms with Crippen LogP contribution in [0, 0.1) is 0 Å². The molecule has 7 nitrogen and oxygen atoms in total. The van der Waals surface area contributed by atoms with Crippen molar-refractivity contribution >= 4 is 32.7 Å². The lowest BCUT2D eigenvalue weighted by Crippen LogP contribution is -2.43. The highest BCUT2D eigenvalue weighted by Crippen LogP contribution is 2.34. The molecule has 3 aromatic rings. The van der Waals surface area contributed by atoms with E-state index in [9.17, 15) is 22.8 Å². The van der Waals surface area contributed by atoms with Crippen LogP contribution in [0.4, 0.5) is 18.3 Å². The van der Waals surface area contributed by atoms with Crippen molar-refractivity contribution in [3.8, 4) is 0 Å². The van der Waals surface area contributed by atoms with Crippen LogP contribution in [0.25, 0.3) is 10.3 Å². The number of carbonyl (C=O) groups is 1. The van der Waals surface area contributed by atoms with Gasteiger partial charge in [-0.2, -0.15) is 13.2 Å². The van der Waals surface area contributed by atoms with Crippen LogP contribution in [-0.4, -0.2) is 33.0 Å². The molecule has 3 heterocycles. The molecule has 1 amide bonds. The summed E-state index contributed by atoms with van der Waals surface area (Å²) in [6.45, 7) is 2.18. The Balaban J connectivity index is 1.62. The molecule has 2 aromatic heterocycles. The first-order valence-electron chi connectivity index (χ1n) is 9.86. The second-order valence-electron chi connectivity index (χ2n) is 7.19. The molecule has 1 fully saturated rings. The summed E-state index contributed by atoms with van der Waals surface area (Å²) in [6, 6.07) is 8.97. The molecule has 0 bridgehead atoms. The van der Waals surface area contributed by atoms with Crippen LogP contribution < -0.4 is 15.8 Å². The van der Waals surface area contributed by atoms with E-state index in [1.165, 1.54) is 6.92 Å². The fraction of sp³-hybridized carbons (Fsp3) is 0.400. The summed E-state index contributed by atoms with van der Waals surface area (Å²) in [4.78, 5) is 35.0. The molecule has 0 saturated carbocycles. The SMILES string of the molecule is CCn1c(C(F)(F)F)nc2sc(N3CCCC3C(=O)NCc3ccccc3)nc2c1=O. The summed E-state index contributed by atoms with van der Waals surface area (Å²) >= 11 is 0.904. The fourth-order valence-corrected chi connectivity index (χ4v) is 4.71. The number of carbonyl (C=O) groups excluding carboxylic acids is 1. The van der Waals surface area contributed by atoms with Crippen molar-refractivity contribution in [2.24, 2.45) is 0 Å². The zero-order chi connectivity index (χ0) is 22.2. The Morgan fingerprint density at radius 3 is 2.68 bits per heavy atom. The zero-order valence-corrected chi connectivity index (χ0v) is 17.5. The van der Waals surface area contributed by atoms with Crippen molar-refractivity contribution < 1.29 is 18.0 Å². The molecule has 0 spiro atoms. The van der Waals surface area contributed by atoms with Gasteiger partial charge >= 0.3 is 6.18 Å². The quantitative estimate of drug-likeness (QED) is 0.645. The minimum Gasteiger partial charge on any atom is -0.350 e. The summed E-state index contributed by atoms with van der Waals surface area (Å²) in [5, 5.41) is 3.23. The molecule has 11 heteroatoms. The molecule has 1 aliphatic rings. The van der Waals surface area contributed by atoms with E-state index >= 15 is 0 Å². The number of nitrogens with zero attached hydrogens (tertiary/aromatic N) is 4. The molecule has 1 atom stereocenters. The highest BCUT2D eigenvalue weighted by molar-refractivity contribution is 7.21. The van der Waals surface area contributed by atoms with Gasteiger partial charge in [-0.25, -0.2) is 9.97 Å². The number of fused-ring (bicyclic) bond motifs is 1. The van der Waals surface area contributed by atoms with Crippen LogP contribution in [-0.2, 0) is 24.1 Å². The summed E-state index contributed by atoms with van der Waals surface area (Å²) < 4.78 is 40.6. The van der Waals surface area contributed by atoms with Crippen molar-refractivity contribution in [3.63, 3.8) is 0 Å². The van der Waals surface area contributed by atoms with Crippen LogP contribution in [0.15, 0.2) is 35.1 Å². The molecule has 31 heavy (non-hydrogen) atoms. The van der Waals surface area contributed by atoms with Crippen LogP contribution >= 0.6 is 11.3 Å². The standard InChI is InChI=1S/C20H20F3N5O2S/c1-2-27-17(30)14-16(26-18(27)20(21,22)23)31-19(25-14)28-10-6-9-13(28)15(29)24-11-12-7-4-3-5-8-12/h3-5,7-8,13H,2,6,9-11H2,1H3,(H,24,29). The summed E-state index contributed by atoms with van der Waals surface area (Å²) in [7, 11) is 0. The summed E-state index contributed by atoms with van der Waals surface area (Å²) in [5.74, 6) is -1.42. The van der Waals surface area contributed by atoms with E-state index < -0.39 is 23.6 Å². The average molecular weight is 451 g/mol. The minimum absolute atomic E-state index is 0.0765. The Morgan fingerprint density at radius 2 is 2.00 bits per heavy atom. The summed E-state index contributed by atoms with van der Waals surface area (Å²) in [5.41, 5.74) is 0.0289. The molecule has 1 aromatic carbocycles. The lowest BCUT2D eigenvalue weighted by atomic mass is 10.2. The normalized spacial score (nSPS) is 16.8. The third-order valence-electron chi connectivity index (χ3n) is 5.19. The van der Waals surface area contributed by atoms with Crippen molar-refractivity contribution in [1.29, 1.82) is 0 Å². The Bertz CT molecular complexity index is 1160. The molecular formula is C20H20F3N5O2S. The minimum atomic E-state index is -4.75. The van der Waals surface area contributed by atoms with Gasteiger partial charge in [-0.1, -0.05) is 41.7 Å². The lowest BCUT2D eigenvalue weighted by molar-refractivity contribution is -0.147. The van der Waals surface area contributed by atoms with Gasteiger partial charge in [0.2, 0.25) is 11.7 Å².